The number of para-hydroxylation sites is 1. The number of sulfonamides is 1. The highest BCUT2D eigenvalue weighted by atomic mass is 32.2. The summed E-state index contributed by atoms with van der Waals surface area (Å²) in [4.78, 5) is 32.1. The minimum Gasteiger partial charge on any atom is -0.414 e. The molecular weight excluding hydrogens is 492 g/mol. The van der Waals surface area contributed by atoms with Gasteiger partial charge in [0.15, 0.2) is 5.54 Å². The van der Waals surface area contributed by atoms with Gasteiger partial charge in [0.1, 0.15) is 18.7 Å². The summed E-state index contributed by atoms with van der Waals surface area (Å²) in [6, 6.07) is 14.8. The summed E-state index contributed by atoms with van der Waals surface area (Å²) in [7, 11) is -3.89. The number of rotatable bonds is 4. The molecule has 1 aromatic heterocycles. The molecule has 1 N–H and O–H groups in total. The summed E-state index contributed by atoms with van der Waals surface area (Å²) < 4.78 is 34.6. The standard InChI is InChI=1S/C27H31N4O5S/c1-26(2,3)36-25(33)31-16-15-30(17-27(31,4)18-31)24(32)20-10-12-21(13-11-20)37(34,35)29-22-9-5-7-19-8-6-14-28-23(19)22/h5-14,29H,15-18H2,1-4H3/q+1. The molecule has 10 heteroatoms. The Hall–Kier alpha value is -3.50. The second kappa shape index (κ2) is 8.53. The third kappa shape index (κ3) is 4.55. The van der Waals surface area contributed by atoms with E-state index in [2.05, 4.69) is 9.71 Å². The smallest absolute Gasteiger partial charge is 0.414 e. The monoisotopic (exact) mass is 523 g/mol. The Balaban J connectivity index is 1.28. The molecule has 2 aromatic carbocycles. The molecule has 194 valence electrons. The second-order valence-corrected chi connectivity index (χ2v) is 12.7. The Labute approximate surface area is 216 Å². The molecule has 2 unspecified atom stereocenters. The van der Waals surface area contributed by atoms with Crippen molar-refractivity contribution in [2.75, 3.05) is 30.9 Å². The number of amides is 2. The number of hydrogen-bond acceptors (Lipinski definition) is 6. The summed E-state index contributed by atoms with van der Waals surface area (Å²) in [5.41, 5.74) is 0.389. The van der Waals surface area contributed by atoms with Gasteiger partial charge in [-0.25, -0.2) is 12.9 Å². The van der Waals surface area contributed by atoms with Gasteiger partial charge in [-0.2, -0.15) is 4.79 Å². The first-order chi connectivity index (χ1) is 17.3. The fourth-order valence-electron chi connectivity index (χ4n) is 5.11. The quantitative estimate of drug-likeness (QED) is 0.409. The van der Waals surface area contributed by atoms with Crippen LogP contribution >= 0.6 is 0 Å². The minimum absolute atomic E-state index is 0.0467. The van der Waals surface area contributed by atoms with E-state index in [-0.39, 0.29) is 26.9 Å². The summed E-state index contributed by atoms with van der Waals surface area (Å²) in [5, 5.41) is 0.823. The maximum Gasteiger partial charge on any atom is 0.517 e. The average Bonchev–Trinajstić information content (AvgIpc) is 3.49. The molecule has 0 saturated carbocycles. The van der Waals surface area contributed by atoms with Gasteiger partial charge in [0.05, 0.1) is 29.2 Å². The number of carbonyl (C=O) groups is 2. The van der Waals surface area contributed by atoms with Crippen LogP contribution in [0.1, 0.15) is 38.1 Å². The molecule has 2 aliphatic rings. The molecule has 0 radical (unpaired) electrons. The van der Waals surface area contributed by atoms with Crippen molar-refractivity contribution in [3.8, 4) is 0 Å². The molecule has 0 spiro atoms. The summed E-state index contributed by atoms with van der Waals surface area (Å²) in [6.07, 6.45) is 1.37. The van der Waals surface area contributed by atoms with E-state index in [1.165, 1.54) is 24.3 Å². The molecule has 0 bridgehead atoms. The highest BCUT2D eigenvalue weighted by molar-refractivity contribution is 7.92. The van der Waals surface area contributed by atoms with Gasteiger partial charge in [0.25, 0.3) is 15.9 Å². The Bertz CT molecular complexity index is 1490. The van der Waals surface area contributed by atoms with E-state index in [0.717, 1.165) is 5.39 Å². The predicted octanol–water partition coefficient (Wildman–Crippen LogP) is 4.02. The molecule has 2 atom stereocenters. The molecule has 2 aliphatic heterocycles. The minimum atomic E-state index is -3.89. The van der Waals surface area contributed by atoms with Crippen molar-refractivity contribution in [1.29, 1.82) is 0 Å². The number of carbonyl (C=O) groups excluding carboxylic acids is 2. The Morgan fingerprint density at radius 3 is 2.46 bits per heavy atom. The van der Waals surface area contributed by atoms with Crippen LogP contribution in [0, 0.1) is 0 Å². The van der Waals surface area contributed by atoms with E-state index in [4.69, 9.17) is 4.74 Å². The lowest BCUT2D eigenvalue weighted by Gasteiger charge is -2.34. The van der Waals surface area contributed by atoms with Gasteiger partial charge in [0.2, 0.25) is 0 Å². The molecule has 37 heavy (non-hydrogen) atoms. The van der Waals surface area contributed by atoms with E-state index in [0.29, 0.717) is 42.9 Å². The average molecular weight is 524 g/mol. The van der Waals surface area contributed by atoms with Crippen LogP contribution in [0.4, 0.5) is 10.5 Å². The van der Waals surface area contributed by atoms with Crippen molar-refractivity contribution in [3.05, 3.63) is 66.4 Å². The normalized spacial score (nSPS) is 23.3. The third-order valence-corrected chi connectivity index (χ3v) is 8.52. The topological polar surface area (TPSA) is 106 Å². The number of piperazine rings is 1. The molecule has 5 rings (SSSR count). The number of hydrogen-bond donors (Lipinski definition) is 1. The molecule has 3 aromatic rings. The molecule has 2 saturated heterocycles. The third-order valence-electron chi connectivity index (χ3n) is 7.14. The highest BCUT2D eigenvalue weighted by Gasteiger charge is 2.75. The van der Waals surface area contributed by atoms with Crippen LogP contribution in [0.3, 0.4) is 0 Å². The first kappa shape index (κ1) is 25.2. The Kier molecular flexibility index (Phi) is 5.80. The van der Waals surface area contributed by atoms with Gasteiger partial charge in [-0.1, -0.05) is 18.2 Å². The van der Waals surface area contributed by atoms with Crippen LogP contribution in [0.5, 0.6) is 0 Å². The SMILES string of the molecule is CC(C)(C)OC(=O)[N+]12CCN(C(=O)c3ccc(S(=O)(=O)Nc4cccc5cccnc45)cc3)CC1(C)C2. The fraction of sp³-hybridized carbons (Fsp3) is 0.370. The zero-order chi connectivity index (χ0) is 26.6. The lowest BCUT2D eigenvalue weighted by molar-refractivity contribution is -0.760. The van der Waals surface area contributed by atoms with E-state index >= 15 is 0 Å². The van der Waals surface area contributed by atoms with E-state index in [1.54, 1.807) is 29.3 Å². The van der Waals surface area contributed by atoms with E-state index in [1.807, 2.05) is 39.8 Å². The number of aromatic nitrogens is 1. The lowest BCUT2D eigenvalue weighted by Crippen LogP contribution is -2.56. The Morgan fingerprint density at radius 2 is 1.78 bits per heavy atom. The fourth-order valence-corrected chi connectivity index (χ4v) is 6.18. The highest BCUT2D eigenvalue weighted by Crippen LogP contribution is 2.47. The maximum atomic E-state index is 13.2. The zero-order valence-corrected chi connectivity index (χ0v) is 22.2. The molecular formula is C27H31N4O5S+. The molecule has 9 nitrogen and oxygen atoms in total. The zero-order valence-electron chi connectivity index (χ0n) is 21.4. The van der Waals surface area contributed by atoms with Crippen LogP contribution in [0.25, 0.3) is 10.9 Å². The number of quaternary nitrogens is 1. The van der Waals surface area contributed by atoms with Crippen molar-refractivity contribution in [2.45, 2.75) is 43.7 Å². The van der Waals surface area contributed by atoms with Gasteiger partial charge >= 0.3 is 6.09 Å². The first-order valence-corrected chi connectivity index (χ1v) is 13.7. The van der Waals surface area contributed by atoms with Gasteiger partial charge in [-0.05, 0) is 64.1 Å². The van der Waals surface area contributed by atoms with E-state index in [9.17, 15) is 18.0 Å². The van der Waals surface area contributed by atoms with Gasteiger partial charge in [0, 0.05) is 17.1 Å². The van der Waals surface area contributed by atoms with Gasteiger partial charge in [-0.15, -0.1) is 0 Å². The predicted molar refractivity (Wildman–Crippen MR) is 140 cm³/mol. The summed E-state index contributed by atoms with van der Waals surface area (Å²) in [6.45, 7) is 9.53. The van der Waals surface area contributed by atoms with Crippen LogP contribution in [0.15, 0.2) is 65.7 Å². The van der Waals surface area contributed by atoms with Crippen molar-refractivity contribution in [3.63, 3.8) is 0 Å². The summed E-state index contributed by atoms with van der Waals surface area (Å²) >= 11 is 0. The number of anilines is 1. The molecule has 2 amide bonds. The number of fused-ring (bicyclic) bond motifs is 2. The summed E-state index contributed by atoms with van der Waals surface area (Å²) in [5.74, 6) is -0.190. The molecule has 2 fully saturated rings. The van der Waals surface area contributed by atoms with Crippen molar-refractivity contribution >= 4 is 38.6 Å². The van der Waals surface area contributed by atoms with Gasteiger partial charge in [-0.3, -0.25) is 14.5 Å². The van der Waals surface area contributed by atoms with Gasteiger partial charge < -0.3 is 9.64 Å². The van der Waals surface area contributed by atoms with Crippen molar-refractivity contribution in [2.24, 2.45) is 0 Å². The molecule has 0 aliphatic carbocycles. The van der Waals surface area contributed by atoms with Crippen LogP contribution in [-0.2, 0) is 14.8 Å². The number of benzene rings is 2. The number of nitrogens with zero attached hydrogens (tertiary/aromatic N) is 3. The van der Waals surface area contributed by atoms with Crippen molar-refractivity contribution < 1.29 is 27.2 Å². The van der Waals surface area contributed by atoms with Crippen molar-refractivity contribution in [1.82, 2.24) is 9.88 Å². The number of ether oxygens (including phenoxy) is 1. The van der Waals surface area contributed by atoms with E-state index < -0.39 is 15.6 Å². The molecule has 3 heterocycles. The largest absolute Gasteiger partial charge is 0.517 e. The maximum absolute atomic E-state index is 13.2. The number of nitrogens with one attached hydrogen (secondary N) is 1. The first-order valence-electron chi connectivity index (χ1n) is 12.2. The Morgan fingerprint density at radius 1 is 1.08 bits per heavy atom. The lowest BCUT2D eigenvalue weighted by atomic mass is 10.1. The second-order valence-electron chi connectivity index (χ2n) is 11.1. The van der Waals surface area contributed by atoms with Crippen LogP contribution in [-0.4, -0.2) is 72.1 Å². The van der Waals surface area contributed by atoms with Crippen LogP contribution in [0.2, 0.25) is 0 Å². The number of pyridine rings is 1. The van der Waals surface area contributed by atoms with Crippen LogP contribution < -0.4 is 4.72 Å².